The van der Waals surface area contributed by atoms with Gasteiger partial charge in [0.05, 0.1) is 19.1 Å². The summed E-state index contributed by atoms with van der Waals surface area (Å²) in [7, 11) is 1.36. The Morgan fingerprint density at radius 3 is 2.68 bits per heavy atom. The molecular weight excluding hydrogens is 278 g/mol. The molecular formula is C18H19NO3. The van der Waals surface area contributed by atoms with Crippen molar-refractivity contribution in [3.05, 3.63) is 48.0 Å². The number of rotatable bonds is 3. The van der Waals surface area contributed by atoms with Crippen molar-refractivity contribution < 1.29 is 14.3 Å². The molecule has 0 saturated carbocycles. The van der Waals surface area contributed by atoms with Crippen molar-refractivity contribution in [1.82, 2.24) is 4.90 Å². The van der Waals surface area contributed by atoms with Crippen molar-refractivity contribution in [2.75, 3.05) is 13.7 Å². The summed E-state index contributed by atoms with van der Waals surface area (Å²) in [6.07, 6.45) is 0.241. The highest BCUT2D eigenvalue weighted by atomic mass is 16.5. The van der Waals surface area contributed by atoms with E-state index in [1.807, 2.05) is 25.1 Å². The van der Waals surface area contributed by atoms with Gasteiger partial charge in [0.25, 0.3) is 0 Å². The molecule has 1 amide bonds. The highest BCUT2D eigenvalue weighted by Crippen LogP contribution is 2.30. The number of likely N-dealkylation sites (tertiary alicyclic amines) is 1. The molecule has 2 aromatic rings. The van der Waals surface area contributed by atoms with Crippen molar-refractivity contribution in [3.8, 4) is 0 Å². The van der Waals surface area contributed by atoms with Crippen LogP contribution in [-0.4, -0.2) is 30.4 Å². The van der Waals surface area contributed by atoms with Gasteiger partial charge in [-0.25, -0.2) is 0 Å². The number of nitrogens with zero attached hydrogens (tertiary/aromatic N) is 1. The zero-order valence-electron chi connectivity index (χ0n) is 12.8. The molecule has 0 aliphatic carbocycles. The molecule has 1 saturated heterocycles. The van der Waals surface area contributed by atoms with E-state index in [2.05, 4.69) is 24.3 Å². The highest BCUT2D eigenvalue weighted by Gasteiger charge is 2.37. The molecule has 114 valence electrons. The predicted octanol–water partition coefficient (Wildman–Crippen LogP) is 2.92. The van der Waals surface area contributed by atoms with Gasteiger partial charge in [-0.3, -0.25) is 9.59 Å². The summed E-state index contributed by atoms with van der Waals surface area (Å²) in [6, 6.07) is 14.3. The first-order chi connectivity index (χ1) is 10.6. The second-order valence-electron chi connectivity index (χ2n) is 5.75. The number of fused-ring (bicyclic) bond motifs is 1. The Morgan fingerprint density at radius 2 is 1.95 bits per heavy atom. The van der Waals surface area contributed by atoms with Gasteiger partial charge in [-0.1, -0.05) is 36.4 Å². The van der Waals surface area contributed by atoms with Gasteiger partial charge >= 0.3 is 5.97 Å². The van der Waals surface area contributed by atoms with Crippen LogP contribution in [0.4, 0.5) is 0 Å². The Morgan fingerprint density at radius 1 is 1.23 bits per heavy atom. The molecule has 22 heavy (non-hydrogen) atoms. The molecule has 0 bridgehead atoms. The Hall–Kier alpha value is -2.36. The maximum absolute atomic E-state index is 12.2. The number of amides is 1. The average molecular weight is 297 g/mol. The number of benzene rings is 2. The zero-order valence-corrected chi connectivity index (χ0v) is 12.8. The first-order valence-corrected chi connectivity index (χ1v) is 7.46. The van der Waals surface area contributed by atoms with Gasteiger partial charge in [-0.2, -0.15) is 0 Å². The van der Waals surface area contributed by atoms with Crippen molar-refractivity contribution in [2.24, 2.45) is 5.92 Å². The Balaban J connectivity index is 1.84. The lowest BCUT2D eigenvalue weighted by molar-refractivity contribution is -0.145. The minimum Gasteiger partial charge on any atom is -0.469 e. The predicted molar refractivity (Wildman–Crippen MR) is 84.2 cm³/mol. The molecule has 0 aromatic heterocycles. The van der Waals surface area contributed by atoms with Gasteiger partial charge in [0.2, 0.25) is 5.91 Å². The molecule has 3 rings (SSSR count). The average Bonchev–Trinajstić information content (AvgIpc) is 2.94. The number of hydrogen-bond donors (Lipinski definition) is 0. The van der Waals surface area contributed by atoms with Gasteiger partial charge in [0.15, 0.2) is 0 Å². The first-order valence-electron chi connectivity index (χ1n) is 7.46. The first kappa shape index (κ1) is 14.6. The second kappa shape index (κ2) is 5.79. The monoisotopic (exact) mass is 297 g/mol. The summed E-state index contributed by atoms with van der Waals surface area (Å²) in [6.45, 7) is 2.43. The van der Waals surface area contributed by atoms with E-state index < -0.39 is 0 Å². The molecule has 0 spiro atoms. The number of methoxy groups -OCH3 is 1. The second-order valence-corrected chi connectivity index (χ2v) is 5.75. The maximum atomic E-state index is 12.2. The quantitative estimate of drug-likeness (QED) is 0.818. The van der Waals surface area contributed by atoms with Crippen LogP contribution in [0.1, 0.15) is 24.9 Å². The molecule has 1 heterocycles. The van der Waals surface area contributed by atoms with E-state index in [9.17, 15) is 9.59 Å². The normalized spacial score (nSPS) is 19.5. The summed E-state index contributed by atoms with van der Waals surface area (Å²) in [5, 5.41) is 2.33. The molecule has 0 radical (unpaired) electrons. The van der Waals surface area contributed by atoms with E-state index in [1.165, 1.54) is 12.5 Å². The molecule has 0 N–H and O–H groups in total. The van der Waals surface area contributed by atoms with E-state index in [0.29, 0.717) is 6.54 Å². The number of hydrogen-bond acceptors (Lipinski definition) is 3. The molecule has 2 atom stereocenters. The fourth-order valence-electron chi connectivity index (χ4n) is 3.08. The maximum Gasteiger partial charge on any atom is 0.310 e. The third-order valence-corrected chi connectivity index (χ3v) is 4.42. The van der Waals surface area contributed by atoms with Crippen LogP contribution in [0.25, 0.3) is 10.8 Å². The van der Waals surface area contributed by atoms with E-state index in [1.54, 1.807) is 4.90 Å². The van der Waals surface area contributed by atoms with Crippen LogP contribution in [0.3, 0.4) is 0 Å². The fraction of sp³-hybridized carbons (Fsp3) is 0.333. The van der Waals surface area contributed by atoms with Crippen molar-refractivity contribution in [3.63, 3.8) is 0 Å². The van der Waals surface area contributed by atoms with Gasteiger partial charge in [0, 0.05) is 13.0 Å². The summed E-state index contributed by atoms with van der Waals surface area (Å²) in [5.74, 6) is -0.641. The van der Waals surface area contributed by atoms with Crippen LogP contribution in [-0.2, 0) is 14.3 Å². The molecule has 4 heteroatoms. The van der Waals surface area contributed by atoms with Gasteiger partial charge in [-0.15, -0.1) is 0 Å². The largest absolute Gasteiger partial charge is 0.469 e. The zero-order chi connectivity index (χ0) is 15.7. The van der Waals surface area contributed by atoms with Crippen LogP contribution in [0.15, 0.2) is 42.5 Å². The number of ether oxygens (including phenoxy) is 1. The third-order valence-electron chi connectivity index (χ3n) is 4.42. The SMILES string of the molecule is COC(=O)C1CC(=O)N([C@@H](C)c2ccc3ccccc3c2)C1. The number of carbonyl (C=O) groups excluding carboxylic acids is 2. The molecule has 1 unspecified atom stereocenters. The Kier molecular flexibility index (Phi) is 3.84. The highest BCUT2D eigenvalue weighted by molar-refractivity contribution is 5.87. The van der Waals surface area contributed by atoms with Crippen LogP contribution < -0.4 is 0 Å². The summed E-state index contributed by atoms with van der Waals surface area (Å²) in [5.41, 5.74) is 1.08. The van der Waals surface area contributed by atoms with Crippen LogP contribution in [0.2, 0.25) is 0 Å². The molecule has 1 fully saturated rings. The Bertz CT molecular complexity index is 725. The fourth-order valence-corrected chi connectivity index (χ4v) is 3.08. The van der Waals surface area contributed by atoms with Gasteiger partial charge < -0.3 is 9.64 Å². The standard InChI is InChI=1S/C18H19NO3/c1-12(19-11-16(10-17(19)20)18(21)22-2)14-8-7-13-5-3-4-6-15(13)9-14/h3-9,12,16H,10-11H2,1-2H3/t12-,16?/m0/s1. The molecule has 1 aliphatic heterocycles. The van der Waals surface area contributed by atoms with Crippen LogP contribution >= 0.6 is 0 Å². The molecule has 2 aromatic carbocycles. The lowest BCUT2D eigenvalue weighted by atomic mass is 10.0. The lowest BCUT2D eigenvalue weighted by Crippen LogP contribution is -2.29. The van der Waals surface area contributed by atoms with E-state index in [4.69, 9.17) is 4.74 Å². The van der Waals surface area contributed by atoms with Crippen molar-refractivity contribution >= 4 is 22.6 Å². The van der Waals surface area contributed by atoms with E-state index >= 15 is 0 Å². The number of esters is 1. The van der Waals surface area contributed by atoms with Gasteiger partial charge in [-0.05, 0) is 29.3 Å². The summed E-state index contributed by atoms with van der Waals surface area (Å²) in [4.78, 5) is 25.6. The van der Waals surface area contributed by atoms with Crippen LogP contribution in [0.5, 0.6) is 0 Å². The van der Waals surface area contributed by atoms with Crippen molar-refractivity contribution in [2.45, 2.75) is 19.4 Å². The minimum atomic E-state index is -0.347. The Labute approximate surface area is 129 Å². The lowest BCUT2D eigenvalue weighted by Gasteiger charge is -2.25. The van der Waals surface area contributed by atoms with Crippen LogP contribution in [0, 0.1) is 5.92 Å². The topological polar surface area (TPSA) is 46.6 Å². The van der Waals surface area contributed by atoms with Gasteiger partial charge in [0.1, 0.15) is 0 Å². The number of carbonyl (C=O) groups is 2. The van der Waals surface area contributed by atoms with E-state index in [0.717, 1.165) is 10.9 Å². The minimum absolute atomic E-state index is 0.0102. The smallest absolute Gasteiger partial charge is 0.310 e. The molecule has 4 nitrogen and oxygen atoms in total. The third kappa shape index (κ3) is 2.56. The molecule has 1 aliphatic rings. The summed E-state index contributed by atoms with van der Waals surface area (Å²) < 4.78 is 4.76. The summed E-state index contributed by atoms with van der Waals surface area (Å²) >= 11 is 0. The van der Waals surface area contributed by atoms with E-state index in [-0.39, 0.29) is 30.3 Å². The van der Waals surface area contributed by atoms with Crippen molar-refractivity contribution in [1.29, 1.82) is 0 Å².